The smallest absolute Gasteiger partial charge is 0.324 e. The minimum absolute atomic E-state index is 0.241. The maximum absolute atomic E-state index is 11.2. The highest BCUT2D eigenvalue weighted by Gasteiger charge is 2.53. The van der Waals surface area contributed by atoms with Gasteiger partial charge in [-0.2, -0.15) is 0 Å². The predicted octanol–water partition coefficient (Wildman–Crippen LogP) is 2.62. The summed E-state index contributed by atoms with van der Waals surface area (Å²) in [6, 6.07) is 4.21. The number of cyclic esters (lactones) is 2. The van der Waals surface area contributed by atoms with E-state index in [-0.39, 0.29) is 11.9 Å². The molecule has 172 valence electrons. The molecule has 0 aromatic heterocycles. The average Bonchev–Trinajstić information content (AvgIpc) is 2.87. The number of esters is 2. The van der Waals surface area contributed by atoms with Crippen molar-refractivity contribution in [2.45, 2.75) is 39.4 Å². The van der Waals surface area contributed by atoms with Crippen molar-refractivity contribution in [1.82, 2.24) is 14.7 Å². The van der Waals surface area contributed by atoms with Crippen LogP contribution in [0.25, 0.3) is 0 Å². The SMILES string of the molecule is CC12C=CCCC1C(=O)OC2=O.CN(C)Cc1cc(CN(C)C)c(O)c(CN(C)C)c1. The van der Waals surface area contributed by atoms with Crippen molar-refractivity contribution in [1.29, 1.82) is 0 Å². The second-order valence-corrected chi connectivity index (χ2v) is 9.50. The Labute approximate surface area is 186 Å². The van der Waals surface area contributed by atoms with E-state index in [4.69, 9.17) is 0 Å². The number of phenolic OH excluding ortho intramolecular Hbond substituents is 1. The van der Waals surface area contributed by atoms with Crippen molar-refractivity contribution in [3.8, 4) is 5.75 Å². The number of benzene rings is 1. The number of fused-ring (bicyclic) bond motifs is 1. The van der Waals surface area contributed by atoms with Gasteiger partial charge in [0.15, 0.2) is 0 Å². The van der Waals surface area contributed by atoms with Crippen LogP contribution in [0.5, 0.6) is 5.75 Å². The molecule has 1 aromatic carbocycles. The zero-order chi connectivity index (χ0) is 23.3. The Kier molecular flexibility index (Phi) is 8.40. The summed E-state index contributed by atoms with van der Waals surface area (Å²) in [5.74, 6) is -0.555. The molecule has 0 radical (unpaired) electrons. The van der Waals surface area contributed by atoms with Gasteiger partial charge in [0, 0.05) is 30.8 Å². The molecule has 2 atom stereocenters. The molecule has 2 aliphatic rings. The summed E-state index contributed by atoms with van der Waals surface area (Å²) < 4.78 is 4.58. The second kappa shape index (κ2) is 10.4. The molecule has 7 heteroatoms. The van der Waals surface area contributed by atoms with E-state index in [1.54, 1.807) is 13.0 Å². The molecule has 1 fully saturated rings. The minimum atomic E-state index is -0.671. The summed E-state index contributed by atoms with van der Waals surface area (Å²) in [4.78, 5) is 28.7. The number of hydrogen-bond donors (Lipinski definition) is 1. The van der Waals surface area contributed by atoms with Crippen LogP contribution in [0.15, 0.2) is 24.3 Å². The summed E-state index contributed by atoms with van der Waals surface area (Å²) >= 11 is 0. The van der Waals surface area contributed by atoms with Crippen LogP contribution in [0.1, 0.15) is 36.5 Å². The number of rotatable bonds is 6. The maximum Gasteiger partial charge on any atom is 0.324 e. The van der Waals surface area contributed by atoms with Gasteiger partial charge in [-0.3, -0.25) is 9.59 Å². The first-order chi connectivity index (χ1) is 14.4. The van der Waals surface area contributed by atoms with Crippen LogP contribution in [-0.4, -0.2) is 74.0 Å². The summed E-state index contributed by atoms with van der Waals surface area (Å²) in [5.41, 5.74) is 2.58. The molecule has 0 spiro atoms. The summed E-state index contributed by atoms with van der Waals surface area (Å²) in [5, 5.41) is 10.4. The van der Waals surface area contributed by atoms with Gasteiger partial charge >= 0.3 is 11.9 Å². The summed E-state index contributed by atoms with van der Waals surface area (Å²) in [7, 11) is 12.2. The Hall–Kier alpha value is -2.22. The van der Waals surface area contributed by atoms with Crippen LogP contribution in [0.3, 0.4) is 0 Å². The van der Waals surface area contributed by atoms with Crippen molar-refractivity contribution < 1.29 is 19.4 Å². The Morgan fingerprint density at radius 3 is 1.94 bits per heavy atom. The lowest BCUT2D eigenvalue weighted by Gasteiger charge is -2.24. The lowest BCUT2D eigenvalue weighted by molar-refractivity contribution is -0.154. The van der Waals surface area contributed by atoms with Gasteiger partial charge in [0.2, 0.25) is 0 Å². The van der Waals surface area contributed by atoms with E-state index in [2.05, 4.69) is 45.7 Å². The zero-order valence-electron chi connectivity index (χ0n) is 19.9. The fourth-order valence-electron chi connectivity index (χ4n) is 4.06. The first-order valence-corrected chi connectivity index (χ1v) is 10.7. The van der Waals surface area contributed by atoms with E-state index < -0.39 is 11.4 Å². The minimum Gasteiger partial charge on any atom is -0.507 e. The van der Waals surface area contributed by atoms with Gasteiger partial charge < -0.3 is 24.5 Å². The molecule has 31 heavy (non-hydrogen) atoms. The van der Waals surface area contributed by atoms with Crippen molar-refractivity contribution >= 4 is 11.9 Å². The van der Waals surface area contributed by atoms with Crippen LogP contribution >= 0.6 is 0 Å². The number of carbonyl (C=O) groups excluding carboxylic acids is 2. The molecule has 1 heterocycles. The zero-order valence-corrected chi connectivity index (χ0v) is 19.9. The molecular weight excluding hydrogens is 394 g/mol. The lowest BCUT2D eigenvalue weighted by atomic mass is 9.73. The number of aromatic hydroxyl groups is 1. The average molecular weight is 432 g/mol. The van der Waals surface area contributed by atoms with Crippen molar-refractivity contribution in [3.63, 3.8) is 0 Å². The van der Waals surface area contributed by atoms with Crippen LogP contribution in [-0.2, 0) is 34.0 Å². The Morgan fingerprint density at radius 2 is 1.48 bits per heavy atom. The first-order valence-electron chi connectivity index (χ1n) is 10.7. The van der Waals surface area contributed by atoms with E-state index in [0.29, 0.717) is 5.75 Å². The van der Waals surface area contributed by atoms with Gasteiger partial charge in [-0.15, -0.1) is 0 Å². The third-order valence-corrected chi connectivity index (χ3v) is 5.53. The van der Waals surface area contributed by atoms with Gasteiger partial charge in [0.25, 0.3) is 0 Å². The van der Waals surface area contributed by atoms with E-state index in [1.807, 2.05) is 34.3 Å². The second-order valence-electron chi connectivity index (χ2n) is 9.50. The largest absolute Gasteiger partial charge is 0.507 e. The van der Waals surface area contributed by atoms with E-state index in [9.17, 15) is 14.7 Å². The van der Waals surface area contributed by atoms with E-state index in [0.717, 1.165) is 43.6 Å². The fourth-order valence-corrected chi connectivity index (χ4v) is 4.06. The molecule has 0 amide bonds. The molecule has 0 bridgehead atoms. The predicted molar refractivity (Wildman–Crippen MR) is 121 cm³/mol. The number of carbonyl (C=O) groups is 2. The van der Waals surface area contributed by atoms with Crippen LogP contribution in [0.2, 0.25) is 0 Å². The monoisotopic (exact) mass is 431 g/mol. The molecule has 1 N–H and O–H groups in total. The van der Waals surface area contributed by atoms with Crippen LogP contribution in [0.4, 0.5) is 0 Å². The van der Waals surface area contributed by atoms with Gasteiger partial charge in [-0.25, -0.2) is 0 Å². The molecule has 0 saturated carbocycles. The van der Waals surface area contributed by atoms with Crippen LogP contribution in [0, 0.1) is 11.3 Å². The maximum atomic E-state index is 11.2. The third kappa shape index (κ3) is 6.38. The molecule has 1 aliphatic heterocycles. The number of allylic oxidation sites excluding steroid dienone is 1. The van der Waals surface area contributed by atoms with Crippen molar-refractivity contribution in [3.05, 3.63) is 41.0 Å². The topological polar surface area (TPSA) is 73.3 Å². The van der Waals surface area contributed by atoms with Gasteiger partial charge in [-0.05, 0) is 79.7 Å². The van der Waals surface area contributed by atoms with E-state index >= 15 is 0 Å². The molecule has 2 unspecified atom stereocenters. The normalized spacial score (nSPS) is 22.6. The van der Waals surface area contributed by atoms with E-state index in [1.165, 1.54) is 5.56 Å². The van der Waals surface area contributed by atoms with Crippen molar-refractivity contribution in [2.75, 3.05) is 42.3 Å². The molecule has 7 nitrogen and oxygen atoms in total. The quantitative estimate of drug-likeness (QED) is 0.422. The van der Waals surface area contributed by atoms with Gasteiger partial charge in [0.1, 0.15) is 5.75 Å². The number of ether oxygens (including phenoxy) is 1. The lowest BCUT2D eigenvalue weighted by Crippen LogP contribution is -2.30. The number of hydrogen-bond acceptors (Lipinski definition) is 7. The highest BCUT2D eigenvalue weighted by Crippen LogP contribution is 2.43. The van der Waals surface area contributed by atoms with Gasteiger partial charge in [0.05, 0.1) is 11.3 Å². The van der Waals surface area contributed by atoms with Crippen LogP contribution < -0.4 is 0 Å². The Morgan fingerprint density at radius 1 is 0.968 bits per heavy atom. The molecule has 1 aliphatic carbocycles. The fraction of sp³-hybridized carbons (Fsp3) is 0.583. The highest BCUT2D eigenvalue weighted by molar-refractivity contribution is 6.00. The van der Waals surface area contributed by atoms with Gasteiger partial charge in [-0.1, -0.05) is 12.2 Å². The van der Waals surface area contributed by atoms with Crippen molar-refractivity contribution in [2.24, 2.45) is 11.3 Å². The Balaban J connectivity index is 0.000000242. The number of phenols is 1. The Bertz CT molecular complexity index is 801. The molecule has 1 aromatic rings. The molecular formula is C24H37N3O4. The first kappa shape index (κ1) is 25.0. The highest BCUT2D eigenvalue weighted by atomic mass is 16.6. The summed E-state index contributed by atoms with van der Waals surface area (Å²) in [6.45, 7) is 4.17. The third-order valence-electron chi connectivity index (χ3n) is 5.53. The molecule has 1 saturated heterocycles. The standard InChI is InChI=1S/C15H27N3O.C9H10O3/c1-16(2)9-12-7-13(10-17(3)4)15(19)14(8-12)11-18(5)6;1-9-5-3-2-4-6(9)7(10)12-8(9)11/h7-8,19H,9-11H2,1-6H3;3,5-6H,2,4H2,1H3. The molecule has 3 rings (SSSR count). The number of nitrogens with zero attached hydrogens (tertiary/aromatic N) is 3. The summed E-state index contributed by atoms with van der Waals surface area (Å²) in [6.07, 6.45) is 5.34.